The molecule has 0 bridgehead atoms. The number of hydrogen-bond donors (Lipinski definition) is 2. The quantitative estimate of drug-likeness (QED) is 0.873. The van der Waals surface area contributed by atoms with Crippen LogP contribution in [-0.4, -0.2) is 37.6 Å². The minimum Gasteiger partial charge on any atom is -0.376 e. The first kappa shape index (κ1) is 17.5. The molecule has 5 heteroatoms. The van der Waals surface area contributed by atoms with Crippen LogP contribution >= 0.6 is 0 Å². The Morgan fingerprint density at radius 2 is 1.87 bits per heavy atom. The number of nitrogens with one attached hydrogen (secondary N) is 2. The van der Waals surface area contributed by atoms with Crippen LogP contribution in [-0.2, 0) is 14.9 Å². The Kier molecular flexibility index (Phi) is 5.77. The van der Waals surface area contributed by atoms with Crippen molar-refractivity contribution in [2.75, 3.05) is 19.7 Å². The van der Waals surface area contributed by atoms with Crippen LogP contribution in [0.25, 0.3) is 0 Å². The Labute approximate surface area is 137 Å². The molecule has 0 aromatic heterocycles. The normalized spacial score (nSPS) is 17.8. The first-order chi connectivity index (χ1) is 10.9. The maximum absolute atomic E-state index is 12.1. The van der Waals surface area contributed by atoms with Gasteiger partial charge in [0.1, 0.15) is 0 Å². The average Bonchev–Trinajstić information content (AvgIpc) is 3.03. The van der Waals surface area contributed by atoms with Gasteiger partial charge in [0.2, 0.25) is 5.91 Å². The van der Waals surface area contributed by atoms with Gasteiger partial charge < -0.3 is 15.4 Å². The minimum absolute atomic E-state index is 0.0213. The molecule has 0 saturated carbocycles. The van der Waals surface area contributed by atoms with Gasteiger partial charge in [0.25, 0.3) is 5.91 Å². The summed E-state index contributed by atoms with van der Waals surface area (Å²) in [5, 5.41) is 5.42. The average molecular weight is 318 g/mol. The molecule has 0 spiro atoms. The van der Waals surface area contributed by atoms with E-state index < -0.39 is 0 Å². The van der Waals surface area contributed by atoms with Gasteiger partial charge in [-0.05, 0) is 36.0 Å². The molecular formula is C18H26N2O3. The predicted octanol–water partition coefficient (Wildman–Crippen LogP) is 2.01. The largest absolute Gasteiger partial charge is 0.376 e. The number of hydrogen-bond acceptors (Lipinski definition) is 3. The molecule has 1 fully saturated rings. The molecular weight excluding hydrogens is 292 g/mol. The summed E-state index contributed by atoms with van der Waals surface area (Å²) in [4.78, 5) is 23.8. The van der Waals surface area contributed by atoms with Gasteiger partial charge in [-0.1, -0.05) is 32.9 Å². The number of carbonyl (C=O) groups is 2. The fraction of sp³-hybridized carbons (Fsp3) is 0.556. The van der Waals surface area contributed by atoms with E-state index in [0.29, 0.717) is 12.1 Å². The summed E-state index contributed by atoms with van der Waals surface area (Å²) in [6.07, 6.45) is 2.13. The highest BCUT2D eigenvalue weighted by Gasteiger charge is 2.17. The molecule has 2 N–H and O–H groups in total. The van der Waals surface area contributed by atoms with Crippen molar-refractivity contribution in [3.05, 3.63) is 35.4 Å². The van der Waals surface area contributed by atoms with Crippen molar-refractivity contribution in [1.29, 1.82) is 0 Å². The SMILES string of the molecule is CC(C)(C)c1ccc(C(=O)NCC(=O)NCC2CCCO2)cc1. The molecule has 5 nitrogen and oxygen atoms in total. The van der Waals surface area contributed by atoms with Gasteiger partial charge in [0.05, 0.1) is 12.6 Å². The third-order valence-electron chi connectivity index (χ3n) is 3.97. The summed E-state index contributed by atoms with van der Waals surface area (Å²) in [7, 11) is 0. The predicted molar refractivity (Wildman–Crippen MR) is 89.5 cm³/mol. The highest BCUT2D eigenvalue weighted by Crippen LogP contribution is 2.22. The Hall–Kier alpha value is -1.88. The van der Waals surface area contributed by atoms with Crippen LogP contribution in [0.15, 0.2) is 24.3 Å². The van der Waals surface area contributed by atoms with Crippen LogP contribution in [0.4, 0.5) is 0 Å². The van der Waals surface area contributed by atoms with Crippen molar-refractivity contribution in [3.8, 4) is 0 Å². The third-order valence-corrected chi connectivity index (χ3v) is 3.97. The fourth-order valence-electron chi connectivity index (χ4n) is 2.48. The first-order valence-electron chi connectivity index (χ1n) is 8.13. The zero-order valence-corrected chi connectivity index (χ0v) is 14.1. The van der Waals surface area contributed by atoms with E-state index in [4.69, 9.17) is 4.74 Å². The molecule has 1 aromatic rings. The third kappa shape index (κ3) is 5.36. The van der Waals surface area contributed by atoms with Gasteiger partial charge in [0, 0.05) is 18.7 Å². The van der Waals surface area contributed by atoms with Crippen molar-refractivity contribution in [3.63, 3.8) is 0 Å². The lowest BCUT2D eigenvalue weighted by Gasteiger charge is -2.19. The van der Waals surface area contributed by atoms with E-state index in [-0.39, 0.29) is 29.9 Å². The minimum atomic E-state index is -0.238. The standard InChI is InChI=1S/C18H26N2O3/c1-18(2,3)14-8-6-13(7-9-14)17(22)20-12-16(21)19-11-15-5-4-10-23-15/h6-9,15H,4-5,10-12H2,1-3H3,(H,19,21)(H,20,22). The molecule has 1 aliphatic rings. The highest BCUT2D eigenvalue weighted by molar-refractivity contribution is 5.96. The van der Waals surface area contributed by atoms with Gasteiger partial charge in [-0.25, -0.2) is 0 Å². The maximum Gasteiger partial charge on any atom is 0.251 e. The Balaban J connectivity index is 1.76. The number of ether oxygens (including phenoxy) is 1. The van der Waals surface area contributed by atoms with E-state index in [2.05, 4.69) is 31.4 Å². The van der Waals surface area contributed by atoms with Crippen LogP contribution in [0.2, 0.25) is 0 Å². The van der Waals surface area contributed by atoms with Crippen LogP contribution in [0.3, 0.4) is 0 Å². The molecule has 0 radical (unpaired) electrons. The second kappa shape index (κ2) is 7.59. The van der Waals surface area contributed by atoms with Crippen LogP contribution < -0.4 is 10.6 Å². The van der Waals surface area contributed by atoms with Crippen LogP contribution in [0.1, 0.15) is 49.5 Å². The number of carbonyl (C=O) groups excluding carboxylic acids is 2. The second-order valence-corrected chi connectivity index (χ2v) is 6.95. The summed E-state index contributed by atoms with van der Waals surface area (Å²) >= 11 is 0. The van der Waals surface area contributed by atoms with Crippen LogP contribution in [0.5, 0.6) is 0 Å². The summed E-state index contributed by atoms with van der Waals surface area (Å²) in [6.45, 7) is 7.63. The molecule has 1 atom stereocenters. The van der Waals surface area contributed by atoms with Gasteiger partial charge in [-0.15, -0.1) is 0 Å². The molecule has 0 aliphatic carbocycles. The lowest BCUT2D eigenvalue weighted by atomic mass is 9.87. The lowest BCUT2D eigenvalue weighted by molar-refractivity contribution is -0.120. The molecule has 1 aromatic carbocycles. The van der Waals surface area contributed by atoms with E-state index in [9.17, 15) is 9.59 Å². The molecule has 1 aliphatic heterocycles. The summed E-state index contributed by atoms with van der Waals surface area (Å²) in [5.41, 5.74) is 1.78. The van der Waals surface area contributed by atoms with Crippen molar-refractivity contribution in [1.82, 2.24) is 10.6 Å². The first-order valence-corrected chi connectivity index (χ1v) is 8.13. The maximum atomic E-state index is 12.1. The van der Waals surface area contributed by atoms with Crippen molar-refractivity contribution < 1.29 is 14.3 Å². The van der Waals surface area contributed by atoms with Gasteiger partial charge in [-0.3, -0.25) is 9.59 Å². The van der Waals surface area contributed by atoms with Gasteiger partial charge in [-0.2, -0.15) is 0 Å². The number of amides is 2. The van der Waals surface area contributed by atoms with Crippen molar-refractivity contribution in [2.24, 2.45) is 0 Å². The number of benzene rings is 1. The van der Waals surface area contributed by atoms with E-state index in [1.807, 2.05) is 12.1 Å². The van der Waals surface area contributed by atoms with E-state index in [0.717, 1.165) is 19.4 Å². The molecule has 1 unspecified atom stereocenters. The van der Waals surface area contributed by atoms with Crippen molar-refractivity contribution >= 4 is 11.8 Å². The molecule has 2 amide bonds. The zero-order chi connectivity index (χ0) is 16.9. The summed E-state index contributed by atoms with van der Waals surface area (Å²) in [5.74, 6) is -0.433. The lowest BCUT2D eigenvalue weighted by Crippen LogP contribution is -2.39. The highest BCUT2D eigenvalue weighted by atomic mass is 16.5. The van der Waals surface area contributed by atoms with E-state index in [1.165, 1.54) is 5.56 Å². The smallest absolute Gasteiger partial charge is 0.251 e. The Bertz CT molecular complexity index is 540. The fourth-order valence-corrected chi connectivity index (χ4v) is 2.48. The van der Waals surface area contributed by atoms with E-state index >= 15 is 0 Å². The molecule has 1 heterocycles. The molecule has 23 heavy (non-hydrogen) atoms. The number of rotatable bonds is 5. The summed E-state index contributed by atoms with van der Waals surface area (Å²) < 4.78 is 5.43. The second-order valence-electron chi connectivity index (χ2n) is 6.95. The van der Waals surface area contributed by atoms with E-state index in [1.54, 1.807) is 12.1 Å². The summed E-state index contributed by atoms with van der Waals surface area (Å²) in [6, 6.07) is 7.49. The van der Waals surface area contributed by atoms with Crippen molar-refractivity contribution in [2.45, 2.75) is 45.1 Å². The Morgan fingerprint density at radius 3 is 2.43 bits per heavy atom. The molecule has 126 valence electrons. The Morgan fingerprint density at radius 1 is 1.17 bits per heavy atom. The van der Waals surface area contributed by atoms with Gasteiger partial charge in [0.15, 0.2) is 0 Å². The molecule has 1 saturated heterocycles. The molecule has 2 rings (SSSR count). The topological polar surface area (TPSA) is 67.4 Å². The monoisotopic (exact) mass is 318 g/mol. The van der Waals surface area contributed by atoms with Crippen LogP contribution in [0, 0.1) is 0 Å². The van der Waals surface area contributed by atoms with Gasteiger partial charge >= 0.3 is 0 Å². The zero-order valence-electron chi connectivity index (χ0n) is 14.1.